The molecule has 0 saturated carbocycles. The molecule has 1 saturated heterocycles. The van der Waals surface area contributed by atoms with Gasteiger partial charge >= 0.3 is 0 Å². The van der Waals surface area contributed by atoms with Gasteiger partial charge in [0.05, 0.1) is 6.10 Å². The lowest BCUT2D eigenvalue weighted by Gasteiger charge is -2.37. The summed E-state index contributed by atoms with van der Waals surface area (Å²) in [5.41, 5.74) is 5.79. The van der Waals surface area contributed by atoms with Crippen LogP contribution in [0.5, 0.6) is 0 Å². The summed E-state index contributed by atoms with van der Waals surface area (Å²) in [7, 11) is 0. The van der Waals surface area contributed by atoms with Gasteiger partial charge in [0, 0.05) is 32.0 Å². The molecule has 1 aliphatic heterocycles. The van der Waals surface area contributed by atoms with Gasteiger partial charge in [-0.25, -0.2) is 0 Å². The molecule has 1 fully saturated rings. The third-order valence-electron chi connectivity index (χ3n) is 2.64. The number of amides is 1. The smallest absolute Gasteiger partial charge is 0.219 e. The van der Waals surface area contributed by atoms with Gasteiger partial charge in [0.15, 0.2) is 0 Å². The van der Waals surface area contributed by atoms with Crippen LogP contribution in [0.1, 0.15) is 20.3 Å². The van der Waals surface area contributed by atoms with E-state index >= 15 is 0 Å². The van der Waals surface area contributed by atoms with Gasteiger partial charge in [0.2, 0.25) is 5.91 Å². The highest BCUT2D eigenvalue weighted by atomic mass is 16.3. The average molecular weight is 186 g/mol. The summed E-state index contributed by atoms with van der Waals surface area (Å²) in [6.45, 7) is 4.55. The molecule has 4 nitrogen and oxygen atoms in total. The number of rotatable bonds is 1. The minimum Gasteiger partial charge on any atom is -0.393 e. The number of nitrogens with two attached hydrogens (primary N) is 1. The molecule has 3 atom stereocenters. The van der Waals surface area contributed by atoms with Crippen LogP contribution in [0, 0.1) is 5.92 Å². The fourth-order valence-electron chi connectivity index (χ4n) is 1.79. The molecule has 3 unspecified atom stereocenters. The van der Waals surface area contributed by atoms with Gasteiger partial charge in [-0.1, -0.05) is 0 Å². The third-order valence-corrected chi connectivity index (χ3v) is 2.64. The SMILES string of the molecule is CC(=O)N1CC(N)CC(C(C)O)C1. The van der Waals surface area contributed by atoms with Crippen molar-refractivity contribution >= 4 is 5.91 Å². The number of carbonyl (C=O) groups excluding carboxylic acids is 1. The largest absolute Gasteiger partial charge is 0.393 e. The van der Waals surface area contributed by atoms with E-state index in [0.29, 0.717) is 13.1 Å². The fraction of sp³-hybridized carbons (Fsp3) is 0.889. The quantitative estimate of drug-likeness (QED) is 0.583. The summed E-state index contributed by atoms with van der Waals surface area (Å²) in [5.74, 6) is 0.174. The molecule has 3 N–H and O–H groups in total. The molecule has 1 rings (SSSR count). The molecular formula is C9H18N2O2. The van der Waals surface area contributed by atoms with E-state index in [4.69, 9.17) is 5.73 Å². The normalized spacial score (nSPS) is 31.5. The van der Waals surface area contributed by atoms with Crippen molar-refractivity contribution in [3.63, 3.8) is 0 Å². The maximum Gasteiger partial charge on any atom is 0.219 e. The summed E-state index contributed by atoms with van der Waals surface area (Å²) in [4.78, 5) is 12.8. The van der Waals surface area contributed by atoms with Gasteiger partial charge in [-0.05, 0) is 13.3 Å². The van der Waals surface area contributed by atoms with Crippen molar-refractivity contribution in [2.24, 2.45) is 11.7 Å². The van der Waals surface area contributed by atoms with Crippen LogP contribution in [0.25, 0.3) is 0 Å². The Labute approximate surface area is 78.7 Å². The van der Waals surface area contributed by atoms with Gasteiger partial charge in [0.25, 0.3) is 0 Å². The van der Waals surface area contributed by atoms with Gasteiger partial charge in [0.1, 0.15) is 0 Å². The van der Waals surface area contributed by atoms with E-state index < -0.39 is 0 Å². The summed E-state index contributed by atoms with van der Waals surface area (Å²) < 4.78 is 0. The average Bonchev–Trinajstić information content (AvgIpc) is 2.03. The van der Waals surface area contributed by atoms with Crippen LogP contribution in [0.15, 0.2) is 0 Å². The molecule has 0 radical (unpaired) electrons. The Kier molecular flexibility index (Phi) is 3.27. The molecule has 0 aromatic carbocycles. The lowest BCUT2D eigenvalue weighted by atomic mass is 9.91. The van der Waals surface area contributed by atoms with Crippen LogP contribution in [0.3, 0.4) is 0 Å². The minimum atomic E-state index is -0.381. The van der Waals surface area contributed by atoms with Gasteiger partial charge in [-0.15, -0.1) is 0 Å². The molecular weight excluding hydrogens is 168 g/mol. The minimum absolute atomic E-state index is 0.0113. The van der Waals surface area contributed by atoms with Crippen LogP contribution >= 0.6 is 0 Å². The Hall–Kier alpha value is -0.610. The predicted octanol–water partition coefficient (Wildman–Crippen LogP) is -0.437. The van der Waals surface area contributed by atoms with Gasteiger partial charge in [-0.3, -0.25) is 4.79 Å². The van der Waals surface area contributed by atoms with Crippen LogP contribution < -0.4 is 5.73 Å². The number of carbonyl (C=O) groups is 1. The first kappa shape index (κ1) is 10.5. The first-order valence-electron chi connectivity index (χ1n) is 4.70. The van der Waals surface area contributed by atoms with Crippen molar-refractivity contribution in [1.29, 1.82) is 0 Å². The molecule has 0 spiro atoms. The Morgan fingerprint density at radius 3 is 2.69 bits per heavy atom. The van der Waals surface area contributed by atoms with Crippen LogP contribution in [-0.4, -0.2) is 41.1 Å². The highest BCUT2D eigenvalue weighted by molar-refractivity contribution is 5.73. The maximum absolute atomic E-state index is 11.1. The van der Waals surface area contributed by atoms with E-state index in [9.17, 15) is 9.90 Å². The molecule has 0 aromatic rings. The second kappa shape index (κ2) is 4.07. The van der Waals surface area contributed by atoms with Crippen LogP contribution in [0.4, 0.5) is 0 Å². The molecule has 1 aliphatic rings. The Morgan fingerprint density at radius 1 is 1.62 bits per heavy atom. The van der Waals surface area contributed by atoms with Gasteiger partial charge < -0.3 is 15.7 Å². The molecule has 0 bridgehead atoms. The second-order valence-electron chi connectivity index (χ2n) is 3.92. The van der Waals surface area contributed by atoms with Crippen molar-refractivity contribution in [2.75, 3.05) is 13.1 Å². The molecule has 0 aromatic heterocycles. The number of hydrogen-bond donors (Lipinski definition) is 2. The number of piperidine rings is 1. The molecule has 1 heterocycles. The number of nitrogens with zero attached hydrogens (tertiary/aromatic N) is 1. The molecule has 4 heteroatoms. The van der Waals surface area contributed by atoms with Crippen molar-refractivity contribution in [3.8, 4) is 0 Å². The summed E-state index contributed by atoms with van der Waals surface area (Å²) in [6, 6.07) is 0.0113. The monoisotopic (exact) mass is 186 g/mol. The first-order valence-corrected chi connectivity index (χ1v) is 4.70. The van der Waals surface area contributed by atoms with E-state index in [0.717, 1.165) is 6.42 Å². The predicted molar refractivity (Wildman–Crippen MR) is 50.0 cm³/mol. The van der Waals surface area contributed by atoms with Gasteiger partial charge in [-0.2, -0.15) is 0 Å². The number of aliphatic hydroxyl groups excluding tert-OH is 1. The Balaban J connectivity index is 2.57. The molecule has 13 heavy (non-hydrogen) atoms. The van der Waals surface area contributed by atoms with Crippen molar-refractivity contribution in [3.05, 3.63) is 0 Å². The number of aliphatic hydroxyl groups is 1. The zero-order valence-electron chi connectivity index (χ0n) is 8.23. The Morgan fingerprint density at radius 2 is 2.23 bits per heavy atom. The lowest BCUT2D eigenvalue weighted by molar-refractivity contribution is -0.131. The molecule has 0 aliphatic carbocycles. The molecule has 1 amide bonds. The van der Waals surface area contributed by atoms with E-state index in [1.54, 1.807) is 11.8 Å². The highest BCUT2D eigenvalue weighted by Crippen LogP contribution is 2.18. The van der Waals surface area contributed by atoms with Crippen LogP contribution in [-0.2, 0) is 4.79 Å². The lowest BCUT2D eigenvalue weighted by Crippen LogP contribution is -2.51. The topological polar surface area (TPSA) is 66.6 Å². The number of likely N-dealkylation sites (tertiary alicyclic amines) is 1. The highest BCUT2D eigenvalue weighted by Gasteiger charge is 2.28. The number of hydrogen-bond acceptors (Lipinski definition) is 3. The summed E-state index contributed by atoms with van der Waals surface area (Å²) in [6.07, 6.45) is 0.426. The van der Waals surface area contributed by atoms with E-state index in [1.165, 1.54) is 6.92 Å². The van der Waals surface area contributed by atoms with Crippen molar-refractivity contribution in [1.82, 2.24) is 4.90 Å². The standard InChI is InChI=1S/C9H18N2O2/c1-6(12)8-3-9(10)5-11(4-8)7(2)13/h6,8-9,12H,3-5,10H2,1-2H3. The van der Waals surface area contributed by atoms with Crippen LogP contribution in [0.2, 0.25) is 0 Å². The molecule has 76 valence electrons. The van der Waals surface area contributed by atoms with E-state index in [-0.39, 0.29) is 24.0 Å². The van der Waals surface area contributed by atoms with Crippen molar-refractivity contribution < 1.29 is 9.90 Å². The first-order chi connectivity index (χ1) is 6.00. The van der Waals surface area contributed by atoms with E-state index in [1.807, 2.05) is 0 Å². The fourth-order valence-corrected chi connectivity index (χ4v) is 1.79. The zero-order chi connectivity index (χ0) is 10.0. The van der Waals surface area contributed by atoms with Crippen molar-refractivity contribution in [2.45, 2.75) is 32.4 Å². The van der Waals surface area contributed by atoms with E-state index in [2.05, 4.69) is 0 Å². The summed E-state index contributed by atoms with van der Waals surface area (Å²) >= 11 is 0. The maximum atomic E-state index is 11.1. The third kappa shape index (κ3) is 2.67. The summed E-state index contributed by atoms with van der Waals surface area (Å²) in [5, 5.41) is 9.40. The zero-order valence-corrected chi connectivity index (χ0v) is 8.23. The second-order valence-corrected chi connectivity index (χ2v) is 3.92. The Bertz CT molecular complexity index is 194.